The molecule has 0 aliphatic heterocycles. The molecule has 1 amide bonds. The third-order valence-corrected chi connectivity index (χ3v) is 1.41. The molecule has 0 N–H and O–H groups in total. The van der Waals surface area contributed by atoms with Gasteiger partial charge in [-0.25, -0.2) is 0 Å². The Balaban J connectivity index is 3.26. The summed E-state index contributed by atoms with van der Waals surface area (Å²) in [6.45, 7) is 0. The maximum atomic E-state index is 10.1. The van der Waals surface area contributed by atoms with Crippen LogP contribution in [0, 0.1) is 0 Å². The fourth-order valence-electron chi connectivity index (χ4n) is 0. The van der Waals surface area contributed by atoms with E-state index in [9.17, 15) is 4.79 Å². The van der Waals surface area contributed by atoms with Gasteiger partial charge in [0.15, 0.2) is 0 Å². The molecule has 0 aliphatic carbocycles. The normalized spacial score (nSPS) is 7.67. The molecule has 0 aromatic rings. The molecule has 0 aromatic heterocycles. The summed E-state index contributed by atoms with van der Waals surface area (Å²) < 4.78 is 0.103. The molecular formula is C3H6NOTe. The summed E-state index contributed by atoms with van der Waals surface area (Å²) in [5.41, 5.74) is 0. The zero-order valence-corrected chi connectivity index (χ0v) is 6.09. The van der Waals surface area contributed by atoms with E-state index in [1.165, 1.54) is 27.2 Å². The van der Waals surface area contributed by atoms with E-state index in [4.69, 9.17) is 0 Å². The number of amides is 1. The van der Waals surface area contributed by atoms with Gasteiger partial charge in [0.2, 0.25) is 0 Å². The molecule has 0 bridgehead atoms. The van der Waals surface area contributed by atoms with Crippen LogP contribution >= 0.6 is 0 Å². The molecule has 0 rings (SSSR count). The van der Waals surface area contributed by atoms with Gasteiger partial charge in [0.1, 0.15) is 0 Å². The van der Waals surface area contributed by atoms with Crippen molar-refractivity contribution in [2.45, 2.75) is 0 Å². The van der Waals surface area contributed by atoms with Crippen molar-refractivity contribution in [3.05, 3.63) is 0 Å². The van der Waals surface area contributed by atoms with E-state index in [1.807, 2.05) is 0 Å². The number of nitrogens with zero attached hydrogens (tertiary/aromatic N) is 1. The van der Waals surface area contributed by atoms with Crippen molar-refractivity contribution in [1.82, 2.24) is 4.90 Å². The van der Waals surface area contributed by atoms with Gasteiger partial charge in [-0.15, -0.1) is 0 Å². The van der Waals surface area contributed by atoms with Crippen molar-refractivity contribution in [3.63, 3.8) is 0 Å². The Morgan fingerprint density at radius 1 is 1.67 bits per heavy atom. The summed E-state index contributed by atoms with van der Waals surface area (Å²) in [5, 5.41) is 0. The zero-order chi connectivity index (χ0) is 5.15. The molecule has 35 valence electrons. The molecule has 0 saturated carbocycles. The second kappa shape index (κ2) is 2.44. The Morgan fingerprint density at radius 2 is 1.83 bits per heavy atom. The summed E-state index contributed by atoms with van der Waals surface area (Å²) in [7, 11) is 3.45. The summed E-state index contributed by atoms with van der Waals surface area (Å²) in [4.78, 5) is 11.6. The van der Waals surface area contributed by atoms with Gasteiger partial charge in [-0.2, -0.15) is 0 Å². The predicted molar refractivity (Wildman–Crippen MR) is 24.8 cm³/mol. The van der Waals surface area contributed by atoms with E-state index in [1.54, 1.807) is 14.1 Å². The first-order valence-electron chi connectivity index (χ1n) is 1.53. The molecule has 0 fully saturated rings. The first-order chi connectivity index (χ1) is 2.64. The summed E-state index contributed by atoms with van der Waals surface area (Å²) in [5.74, 6) is 0. The van der Waals surface area contributed by atoms with Gasteiger partial charge in [0.05, 0.1) is 0 Å². The monoisotopic (exact) mass is 202 g/mol. The molecule has 1 radical (unpaired) electrons. The third kappa shape index (κ3) is 2.49. The van der Waals surface area contributed by atoms with Crippen molar-refractivity contribution in [2.75, 3.05) is 14.1 Å². The fourth-order valence-corrected chi connectivity index (χ4v) is 0. The molecule has 0 saturated heterocycles. The third-order valence-electron chi connectivity index (χ3n) is 0.365. The van der Waals surface area contributed by atoms with Gasteiger partial charge >= 0.3 is 50.0 Å². The van der Waals surface area contributed by atoms with Crippen LogP contribution in [0.25, 0.3) is 0 Å². The first kappa shape index (κ1) is 6.26. The van der Waals surface area contributed by atoms with Gasteiger partial charge in [-0.1, -0.05) is 0 Å². The first-order valence-corrected chi connectivity index (χ1v) is 2.69. The second-order valence-corrected chi connectivity index (χ2v) is 2.16. The Bertz CT molecular complexity index is 61.8. The number of hydrogen-bond acceptors (Lipinski definition) is 1. The predicted octanol–water partition coefficient (Wildman–Crippen LogP) is -0.163. The van der Waals surface area contributed by atoms with Crippen LogP contribution in [0.15, 0.2) is 0 Å². The molecule has 6 heavy (non-hydrogen) atoms. The molecule has 0 aromatic carbocycles. The van der Waals surface area contributed by atoms with Crippen LogP contribution in [0.1, 0.15) is 0 Å². The number of carbonyl (C=O) groups is 1. The molecule has 0 unspecified atom stereocenters. The van der Waals surface area contributed by atoms with E-state index in [0.29, 0.717) is 0 Å². The average Bonchev–Trinajstić information content (AvgIpc) is 1.36. The molecular weight excluding hydrogens is 194 g/mol. The Kier molecular flexibility index (Phi) is 2.54. The van der Waals surface area contributed by atoms with Crippen molar-refractivity contribution in [2.24, 2.45) is 0 Å². The van der Waals surface area contributed by atoms with Gasteiger partial charge in [-0.05, 0) is 0 Å². The van der Waals surface area contributed by atoms with Crippen LogP contribution in [-0.2, 0) is 0 Å². The van der Waals surface area contributed by atoms with E-state index in [2.05, 4.69) is 0 Å². The van der Waals surface area contributed by atoms with Crippen molar-refractivity contribution >= 4 is 26.2 Å². The van der Waals surface area contributed by atoms with Crippen LogP contribution in [-0.4, -0.2) is 45.2 Å². The quantitative estimate of drug-likeness (QED) is 0.497. The molecule has 0 aliphatic rings. The van der Waals surface area contributed by atoms with Crippen LogP contribution < -0.4 is 0 Å². The number of hydrogen-bond donors (Lipinski definition) is 0. The minimum atomic E-state index is 0.103. The van der Waals surface area contributed by atoms with E-state index in [-0.39, 0.29) is 3.96 Å². The Labute approximate surface area is 50.4 Å². The summed E-state index contributed by atoms with van der Waals surface area (Å²) in [6, 6.07) is 0. The van der Waals surface area contributed by atoms with Crippen LogP contribution in [0.3, 0.4) is 0 Å². The molecule has 0 heterocycles. The van der Waals surface area contributed by atoms with E-state index in [0.717, 1.165) is 0 Å². The summed E-state index contributed by atoms with van der Waals surface area (Å²) >= 11 is 1.46. The Hall–Kier alpha value is 0.260. The molecule has 0 spiro atoms. The number of carbonyl (C=O) groups excluding carboxylic acids is 1. The van der Waals surface area contributed by atoms with Gasteiger partial charge in [0, 0.05) is 0 Å². The van der Waals surface area contributed by atoms with Crippen molar-refractivity contribution in [1.29, 1.82) is 0 Å². The van der Waals surface area contributed by atoms with Crippen molar-refractivity contribution in [3.8, 4) is 0 Å². The van der Waals surface area contributed by atoms with E-state index < -0.39 is 0 Å². The molecule has 0 atom stereocenters. The summed E-state index contributed by atoms with van der Waals surface area (Å²) in [6.07, 6.45) is 0. The molecule has 2 nitrogen and oxygen atoms in total. The SMILES string of the molecule is CN(C)C(=O)[Te]. The van der Waals surface area contributed by atoms with Crippen LogP contribution in [0.5, 0.6) is 0 Å². The van der Waals surface area contributed by atoms with Crippen molar-refractivity contribution < 1.29 is 4.79 Å². The number of rotatable bonds is 0. The maximum absolute atomic E-state index is 10.1. The van der Waals surface area contributed by atoms with E-state index >= 15 is 0 Å². The Morgan fingerprint density at radius 3 is 1.83 bits per heavy atom. The second-order valence-electron chi connectivity index (χ2n) is 1.16. The molecule has 3 heteroatoms. The van der Waals surface area contributed by atoms with Crippen LogP contribution in [0.2, 0.25) is 0 Å². The topological polar surface area (TPSA) is 20.3 Å². The van der Waals surface area contributed by atoms with Gasteiger partial charge < -0.3 is 0 Å². The average molecular weight is 200 g/mol. The standard InChI is InChI=1S/C3H6NOTe/c1-4(2)3(5)6/h1-2H3. The van der Waals surface area contributed by atoms with Crippen LogP contribution in [0.4, 0.5) is 4.79 Å². The fraction of sp³-hybridized carbons (Fsp3) is 0.667. The van der Waals surface area contributed by atoms with Gasteiger partial charge in [-0.3, -0.25) is 0 Å². The minimum absolute atomic E-state index is 0.103. The zero-order valence-electron chi connectivity index (χ0n) is 3.76. The van der Waals surface area contributed by atoms with Gasteiger partial charge in [0.25, 0.3) is 0 Å².